The second-order valence-electron chi connectivity index (χ2n) is 7.96. The number of benzene rings is 4. The summed E-state index contributed by atoms with van der Waals surface area (Å²) in [5.74, 6) is 2.06. The van der Waals surface area contributed by atoms with Crippen LogP contribution < -0.4 is 18.9 Å². The highest BCUT2D eigenvalue weighted by Crippen LogP contribution is 2.42. The average Bonchev–Trinajstić information content (AvgIpc) is 3.43. The summed E-state index contributed by atoms with van der Waals surface area (Å²) in [5, 5.41) is 4.08. The van der Waals surface area contributed by atoms with E-state index in [0.29, 0.717) is 40.7 Å². The summed E-state index contributed by atoms with van der Waals surface area (Å²) in [6.45, 7) is 0.346. The van der Waals surface area contributed by atoms with Crippen LogP contribution in [0.25, 0.3) is 22.8 Å². The first kappa shape index (κ1) is 23.9. The van der Waals surface area contributed by atoms with E-state index in [9.17, 15) is 4.39 Å². The third-order valence-electron chi connectivity index (χ3n) is 5.54. The largest absolute Gasteiger partial charge is 0.494 e. The van der Waals surface area contributed by atoms with Crippen LogP contribution in [0, 0.1) is 5.82 Å². The van der Waals surface area contributed by atoms with E-state index in [1.54, 1.807) is 25.3 Å². The van der Waals surface area contributed by atoms with E-state index in [2.05, 4.69) is 10.1 Å². The van der Waals surface area contributed by atoms with E-state index in [0.717, 1.165) is 5.56 Å². The van der Waals surface area contributed by atoms with Gasteiger partial charge in [0, 0.05) is 17.7 Å². The van der Waals surface area contributed by atoms with E-state index >= 15 is 0 Å². The first-order valence-corrected chi connectivity index (χ1v) is 11.4. The normalized spacial score (nSPS) is 10.7. The summed E-state index contributed by atoms with van der Waals surface area (Å²) in [6, 6.07) is 26.9. The van der Waals surface area contributed by atoms with Gasteiger partial charge in [0.2, 0.25) is 5.82 Å². The molecule has 0 aliphatic rings. The Morgan fingerprint density at radius 3 is 2.22 bits per heavy atom. The van der Waals surface area contributed by atoms with Crippen molar-refractivity contribution in [2.45, 2.75) is 6.61 Å². The number of rotatable bonds is 9. The van der Waals surface area contributed by atoms with Crippen LogP contribution in [0.2, 0.25) is 0 Å². The smallest absolute Gasteiger partial charge is 0.262 e. The predicted molar refractivity (Wildman–Crippen MR) is 136 cm³/mol. The maximum atomic E-state index is 13.9. The Morgan fingerprint density at radius 2 is 1.49 bits per heavy atom. The molecule has 0 spiro atoms. The van der Waals surface area contributed by atoms with Crippen LogP contribution in [0.5, 0.6) is 28.7 Å². The van der Waals surface area contributed by atoms with Crippen molar-refractivity contribution in [1.82, 2.24) is 10.1 Å². The van der Waals surface area contributed by atoms with Crippen molar-refractivity contribution in [2.75, 3.05) is 14.2 Å². The lowest BCUT2D eigenvalue weighted by atomic mass is 10.1. The van der Waals surface area contributed by atoms with Crippen LogP contribution in [-0.4, -0.2) is 24.4 Å². The molecule has 37 heavy (non-hydrogen) atoms. The molecule has 0 aliphatic carbocycles. The van der Waals surface area contributed by atoms with Gasteiger partial charge in [-0.1, -0.05) is 53.7 Å². The summed E-state index contributed by atoms with van der Waals surface area (Å²) in [4.78, 5) is 4.52. The number of hydrogen-bond donors (Lipinski definition) is 0. The van der Waals surface area contributed by atoms with Crippen molar-refractivity contribution < 1.29 is 27.9 Å². The number of halogens is 1. The molecule has 0 fully saturated rings. The third kappa shape index (κ3) is 5.38. The summed E-state index contributed by atoms with van der Waals surface area (Å²) in [5.41, 5.74) is 2.05. The fourth-order valence-electron chi connectivity index (χ4n) is 3.67. The Balaban J connectivity index is 1.53. The number of aromatic nitrogens is 2. The zero-order valence-corrected chi connectivity index (χ0v) is 20.2. The second-order valence-corrected chi connectivity index (χ2v) is 7.96. The van der Waals surface area contributed by atoms with Crippen LogP contribution in [0.15, 0.2) is 95.5 Å². The van der Waals surface area contributed by atoms with Crippen LogP contribution in [-0.2, 0) is 6.61 Å². The third-order valence-corrected chi connectivity index (χ3v) is 5.54. The van der Waals surface area contributed by atoms with E-state index in [1.165, 1.54) is 19.2 Å². The molecule has 0 saturated heterocycles. The minimum Gasteiger partial charge on any atom is -0.494 e. The molecule has 0 radical (unpaired) electrons. The van der Waals surface area contributed by atoms with Gasteiger partial charge in [-0.3, -0.25) is 0 Å². The number of methoxy groups -OCH3 is 2. The summed E-state index contributed by atoms with van der Waals surface area (Å²) < 4.78 is 42.4. The predicted octanol–water partition coefficient (Wildman–Crippen LogP) is 6.93. The Labute approximate surface area is 213 Å². The monoisotopic (exact) mass is 498 g/mol. The van der Waals surface area contributed by atoms with E-state index in [1.807, 2.05) is 60.7 Å². The Hall–Kier alpha value is -4.85. The molecule has 0 N–H and O–H groups in total. The molecule has 0 aliphatic heterocycles. The van der Waals surface area contributed by atoms with Gasteiger partial charge in [0.15, 0.2) is 23.1 Å². The molecule has 0 amide bonds. The van der Waals surface area contributed by atoms with E-state index < -0.39 is 5.82 Å². The molecule has 0 unspecified atom stereocenters. The fraction of sp³-hybridized carbons (Fsp3) is 0.103. The first-order valence-electron chi connectivity index (χ1n) is 11.4. The topological polar surface area (TPSA) is 75.8 Å². The lowest BCUT2D eigenvalue weighted by Crippen LogP contribution is -1.99. The van der Waals surface area contributed by atoms with Crippen molar-refractivity contribution in [3.63, 3.8) is 0 Å². The van der Waals surface area contributed by atoms with Crippen molar-refractivity contribution >= 4 is 0 Å². The molecular formula is C29H23FN2O5. The zero-order valence-electron chi connectivity index (χ0n) is 20.2. The van der Waals surface area contributed by atoms with Crippen molar-refractivity contribution in [1.29, 1.82) is 0 Å². The van der Waals surface area contributed by atoms with Crippen LogP contribution >= 0.6 is 0 Å². The molecule has 1 heterocycles. The minimum absolute atomic E-state index is 0.0820. The zero-order chi connectivity index (χ0) is 25.6. The van der Waals surface area contributed by atoms with Gasteiger partial charge in [-0.25, -0.2) is 4.39 Å². The lowest BCUT2D eigenvalue weighted by Gasteiger charge is -2.15. The molecule has 7 nitrogen and oxygen atoms in total. The molecule has 186 valence electrons. The average molecular weight is 499 g/mol. The number of hydrogen-bond acceptors (Lipinski definition) is 7. The van der Waals surface area contributed by atoms with Gasteiger partial charge >= 0.3 is 0 Å². The van der Waals surface area contributed by atoms with Crippen LogP contribution in [0.4, 0.5) is 4.39 Å². The van der Waals surface area contributed by atoms with Gasteiger partial charge in [0.05, 0.1) is 19.8 Å². The summed E-state index contributed by atoms with van der Waals surface area (Å²) in [6.07, 6.45) is 0. The van der Waals surface area contributed by atoms with Crippen molar-refractivity contribution in [3.05, 3.63) is 102 Å². The number of ether oxygens (including phenoxy) is 4. The molecule has 0 atom stereocenters. The fourth-order valence-corrected chi connectivity index (χ4v) is 3.67. The van der Waals surface area contributed by atoms with Gasteiger partial charge < -0.3 is 23.5 Å². The quantitative estimate of drug-likeness (QED) is 0.218. The molecule has 5 aromatic rings. The molecule has 1 aromatic heterocycles. The molecule has 0 saturated carbocycles. The lowest BCUT2D eigenvalue weighted by molar-refractivity contribution is 0.283. The van der Waals surface area contributed by atoms with Gasteiger partial charge in [0.25, 0.3) is 5.89 Å². The Kier molecular flexibility index (Phi) is 6.98. The van der Waals surface area contributed by atoms with Gasteiger partial charge in [-0.15, -0.1) is 0 Å². The Morgan fingerprint density at radius 1 is 0.757 bits per heavy atom. The highest BCUT2D eigenvalue weighted by atomic mass is 19.1. The molecule has 8 heteroatoms. The standard InChI is InChI=1S/C29H23FN2O5/c1-33-25-15-20(13-14-23(25)30)28-31-29(37-32-28)22-16-26(34-2)27(35-18-19-9-5-3-6-10-19)17-24(22)36-21-11-7-4-8-12-21/h3-17H,18H2,1-2H3. The molecule has 4 aromatic carbocycles. The minimum atomic E-state index is -0.482. The van der Waals surface area contributed by atoms with E-state index in [4.69, 9.17) is 23.5 Å². The summed E-state index contributed by atoms with van der Waals surface area (Å²) in [7, 11) is 2.95. The maximum Gasteiger partial charge on any atom is 0.262 e. The van der Waals surface area contributed by atoms with Gasteiger partial charge in [-0.2, -0.15) is 4.98 Å². The van der Waals surface area contributed by atoms with Crippen LogP contribution in [0.1, 0.15) is 5.56 Å². The number of nitrogens with zero attached hydrogens (tertiary/aromatic N) is 2. The number of para-hydroxylation sites is 1. The SMILES string of the molecule is COc1cc(-c2noc(-c3cc(OC)c(OCc4ccccc4)cc3Oc3ccccc3)n2)ccc1F. The van der Waals surface area contributed by atoms with Crippen LogP contribution in [0.3, 0.4) is 0 Å². The van der Waals surface area contributed by atoms with E-state index in [-0.39, 0.29) is 17.5 Å². The Bertz CT molecular complexity index is 1490. The van der Waals surface area contributed by atoms with Crippen molar-refractivity contribution in [3.8, 4) is 51.6 Å². The molecule has 5 rings (SSSR count). The highest BCUT2D eigenvalue weighted by molar-refractivity contribution is 5.70. The van der Waals surface area contributed by atoms with Gasteiger partial charge in [-0.05, 0) is 35.9 Å². The first-order chi connectivity index (χ1) is 18.1. The maximum absolute atomic E-state index is 13.9. The molecular weight excluding hydrogens is 475 g/mol. The van der Waals surface area contributed by atoms with Crippen molar-refractivity contribution in [2.24, 2.45) is 0 Å². The highest BCUT2D eigenvalue weighted by Gasteiger charge is 2.21. The summed E-state index contributed by atoms with van der Waals surface area (Å²) >= 11 is 0. The second kappa shape index (κ2) is 10.8. The van der Waals surface area contributed by atoms with Gasteiger partial charge in [0.1, 0.15) is 18.1 Å². The molecule has 0 bridgehead atoms.